The second-order valence-corrected chi connectivity index (χ2v) is 3.45. The molecule has 2 aromatic rings. The molecule has 0 unspecified atom stereocenters. The van der Waals surface area contributed by atoms with Gasteiger partial charge < -0.3 is 4.74 Å². The number of hydrogen-bond donors (Lipinski definition) is 0. The fourth-order valence-corrected chi connectivity index (χ4v) is 1.56. The number of rotatable bonds is 3. The summed E-state index contributed by atoms with van der Waals surface area (Å²) < 4.78 is 6.95. The molecule has 0 fully saturated rings. The molecule has 0 saturated heterocycles. The van der Waals surface area contributed by atoms with Crippen LogP contribution in [0, 0.1) is 0 Å². The second kappa shape index (κ2) is 4.18. The Balaban J connectivity index is 2.56. The van der Waals surface area contributed by atoms with Gasteiger partial charge in [-0.3, -0.25) is 9.48 Å². The van der Waals surface area contributed by atoms with Gasteiger partial charge in [-0.2, -0.15) is 5.10 Å². The quantitative estimate of drug-likeness (QED) is 0.736. The smallest absolute Gasteiger partial charge is 0.150 e. The molecule has 0 aliphatic heterocycles. The van der Waals surface area contributed by atoms with Crippen molar-refractivity contribution in [3.63, 3.8) is 0 Å². The molecule has 4 heteroatoms. The van der Waals surface area contributed by atoms with E-state index in [1.54, 1.807) is 30.0 Å². The van der Waals surface area contributed by atoms with E-state index in [4.69, 9.17) is 4.74 Å². The molecular formula is C12H12N2O2. The largest absolute Gasteiger partial charge is 0.496 e. The molecule has 0 aliphatic carbocycles. The Bertz CT molecular complexity index is 517. The van der Waals surface area contributed by atoms with E-state index in [1.165, 1.54) is 0 Å². The summed E-state index contributed by atoms with van der Waals surface area (Å²) in [7, 11) is 3.45. The predicted molar refractivity (Wildman–Crippen MR) is 60.6 cm³/mol. The number of aldehydes is 1. The van der Waals surface area contributed by atoms with Gasteiger partial charge >= 0.3 is 0 Å². The summed E-state index contributed by atoms with van der Waals surface area (Å²) in [5.74, 6) is 0.712. The van der Waals surface area contributed by atoms with E-state index in [2.05, 4.69) is 5.10 Å². The van der Waals surface area contributed by atoms with Crippen LogP contribution >= 0.6 is 0 Å². The summed E-state index contributed by atoms with van der Waals surface area (Å²) in [5, 5.41) is 4.29. The molecule has 0 N–H and O–H groups in total. The van der Waals surface area contributed by atoms with Gasteiger partial charge in [0.2, 0.25) is 0 Å². The van der Waals surface area contributed by atoms with Crippen LogP contribution in [0.3, 0.4) is 0 Å². The molecule has 0 bridgehead atoms. The molecule has 0 radical (unpaired) electrons. The molecule has 0 amide bonds. The number of hydrogen-bond acceptors (Lipinski definition) is 3. The lowest BCUT2D eigenvalue weighted by Gasteiger charge is -2.06. The fourth-order valence-electron chi connectivity index (χ4n) is 1.56. The zero-order valence-corrected chi connectivity index (χ0v) is 9.18. The Morgan fingerprint density at radius 2 is 2.19 bits per heavy atom. The van der Waals surface area contributed by atoms with Crippen LogP contribution < -0.4 is 4.74 Å². The minimum Gasteiger partial charge on any atom is -0.496 e. The van der Waals surface area contributed by atoms with Crippen molar-refractivity contribution >= 4 is 6.29 Å². The summed E-state index contributed by atoms with van der Waals surface area (Å²) in [4.78, 5) is 10.7. The SMILES string of the molecule is COc1ccc(C=O)cc1-c1ccn(C)n1. The lowest BCUT2D eigenvalue weighted by molar-refractivity contribution is 0.112. The molecule has 0 aliphatic rings. The van der Waals surface area contributed by atoms with Crippen molar-refractivity contribution in [2.45, 2.75) is 0 Å². The zero-order valence-electron chi connectivity index (χ0n) is 9.18. The average Bonchev–Trinajstić information content (AvgIpc) is 2.75. The third-order valence-electron chi connectivity index (χ3n) is 2.35. The van der Waals surface area contributed by atoms with Crippen LogP contribution in [-0.2, 0) is 7.05 Å². The van der Waals surface area contributed by atoms with Crippen molar-refractivity contribution in [1.29, 1.82) is 0 Å². The first kappa shape index (κ1) is 10.4. The highest BCUT2D eigenvalue weighted by Crippen LogP contribution is 2.29. The summed E-state index contributed by atoms with van der Waals surface area (Å²) in [6.07, 6.45) is 2.66. The van der Waals surface area contributed by atoms with Crippen LogP contribution in [-0.4, -0.2) is 23.2 Å². The average molecular weight is 216 g/mol. The maximum absolute atomic E-state index is 10.7. The summed E-state index contributed by atoms with van der Waals surface area (Å²) in [6.45, 7) is 0. The molecular weight excluding hydrogens is 204 g/mol. The van der Waals surface area contributed by atoms with Gasteiger partial charge in [0.05, 0.1) is 12.8 Å². The number of aromatic nitrogens is 2. The summed E-state index contributed by atoms with van der Waals surface area (Å²) in [5.41, 5.74) is 2.23. The number of carbonyl (C=O) groups excluding carboxylic acids is 1. The number of aryl methyl sites for hydroxylation is 1. The first-order chi connectivity index (χ1) is 7.74. The molecule has 82 valence electrons. The number of benzene rings is 1. The standard InChI is InChI=1S/C12H12N2O2/c1-14-6-5-11(13-14)10-7-9(8-15)3-4-12(10)16-2/h3-8H,1-2H3. The van der Waals surface area contributed by atoms with Gasteiger partial charge in [-0.25, -0.2) is 0 Å². The highest BCUT2D eigenvalue weighted by atomic mass is 16.5. The zero-order chi connectivity index (χ0) is 11.5. The topological polar surface area (TPSA) is 44.1 Å². The number of methoxy groups -OCH3 is 1. The molecule has 1 aromatic carbocycles. The van der Waals surface area contributed by atoms with Crippen LogP contribution in [0.1, 0.15) is 10.4 Å². The van der Waals surface area contributed by atoms with Crippen molar-refractivity contribution in [2.75, 3.05) is 7.11 Å². The minimum atomic E-state index is 0.612. The van der Waals surface area contributed by atoms with E-state index in [1.807, 2.05) is 19.3 Å². The van der Waals surface area contributed by atoms with E-state index in [9.17, 15) is 4.79 Å². The highest BCUT2D eigenvalue weighted by molar-refractivity contribution is 5.80. The van der Waals surface area contributed by atoms with E-state index >= 15 is 0 Å². The van der Waals surface area contributed by atoms with Crippen molar-refractivity contribution in [3.05, 3.63) is 36.0 Å². The Morgan fingerprint density at radius 1 is 1.38 bits per heavy atom. The van der Waals surface area contributed by atoms with Crippen molar-refractivity contribution in [1.82, 2.24) is 9.78 Å². The molecule has 0 atom stereocenters. The van der Waals surface area contributed by atoms with Crippen molar-refractivity contribution in [2.24, 2.45) is 7.05 Å². The molecule has 1 aromatic heterocycles. The third-order valence-corrected chi connectivity index (χ3v) is 2.35. The van der Waals surface area contributed by atoms with E-state index in [-0.39, 0.29) is 0 Å². The maximum Gasteiger partial charge on any atom is 0.150 e. The molecule has 1 heterocycles. The second-order valence-electron chi connectivity index (χ2n) is 3.45. The Hall–Kier alpha value is -2.10. The Labute approximate surface area is 93.5 Å². The van der Waals surface area contributed by atoms with E-state index in [0.717, 1.165) is 17.5 Å². The van der Waals surface area contributed by atoms with E-state index in [0.29, 0.717) is 11.3 Å². The maximum atomic E-state index is 10.7. The summed E-state index contributed by atoms with van der Waals surface area (Å²) in [6, 6.07) is 7.15. The Kier molecular flexibility index (Phi) is 2.72. The highest BCUT2D eigenvalue weighted by Gasteiger charge is 2.09. The fraction of sp³-hybridized carbons (Fsp3) is 0.167. The molecule has 4 nitrogen and oxygen atoms in total. The first-order valence-corrected chi connectivity index (χ1v) is 4.88. The van der Waals surface area contributed by atoms with E-state index < -0.39 is 0 Å². The third kappa shape index (κ3) is 1.82. The molecule has 0 saturated carbocycles. The van der Waals surface area contributed by atoms with Gasteiger partial charge in [-0.1, -0.05) is 0 Å². The molecule has 0 spiro atoms. The lowest BCUT2D eigenvalue weighted by atomic mass is 10.1. The monoisotopic (exact) mass is 216 g/mol. The molecule has 2 rings (SSSR count). The minimum absolute atomic E-state index is 0.612. The van der Waals surface area contributed by atoms with Gasteiger partial charge in [-0.15, -0.1) is 0 Å². The normalized spacial score (nSPS) is 10.1. The summed E-state index contributed by atoms with van der Waals surface area (Å²) >= 11 is 0. The van der Waals surface area contributed by atoms with Crippen LogP contribution in [0.2, 0.25) is 0 Å². The molecule has 16 heavy (non-hydrogen) atoms. The van der Waals surface area contributed by atoms with Gasteiger partial charge in [0.15, 0.2) is 0 Å². The van der Waals surface area contributed by atoms with Crippen molar-refractivity contribution < 1.29 is 9.53 Å². The van der Waals surface area contributed by atoms with Crippen molar-refractivity contribution in [3.8, 4) is 17.0 Å². The van der Waals surface area contributed by atoms with Crippen LogP contribution in [0.4, 0.5) is 0 Å². The van der Waals surface area contributed by atoms with Crippen LogP contribution in [0.25, 0.3) is 11.3 Å². The van der Waals surface area contributed by atoms with Gasteiger partial charge in [0.1, 0.15) is 12.0 Å². The lowest BCUT2D eigenvalue weighted by Crippen LogP contribution is -1.92. The number of ether oxygens (including phenoxy) is 1. The first-order valence-electron chi connectivity index (χ1n) is 4.88. The van der Waals surface area contributed by atoms with Gasteiger partial charge in [-0.05, 0) is 24.3 Å². The van der Waals surface area contributed by atoms with Crippen LogP contribution in [0.5, 0.6) is 5.75 Å². The van der Waals surface area contributed by atoms with Gasteiger partial charge in [0.25, 0.3) is 0 Å². The predicted octanol–water partition coefficient (Wildman–Crippen LogP) is 1.91. The van der Waals surface area contributed by atoms with Gasteiger partial charge in [0, 0.05) is 24.4 Å². The number of nitrogens with zero attached hydrogens (tertiary/aromatic N) is 2. The van der Waals surface area contributed by atoms with Crippen LogP contribution in [0.15, 0.2) is 30.5 Å². The Morgan fingerprint density at radius 3 is 2.75 bits per heavy atom. The number of carbonyl (C=O) groups is 1.